The Bertz CT molecular complexity index is 1340. The second-order valence-corrected chi connectivity index (χ2v) is 15.7. The van der Waals surface area contributed by atoms with Gasteiger partial charge in [0.25, 0.3) is 5.91 Å². The number of nitrogens with zero attached hydrogens (tertiary/aromatic N) is 3. The lowest BCUT2D eigenvalue weighted by molar-refractivity contribution is 0.0997. The summed E-state index contributed by atoms with van der Waals surface area (Å²) in [5, 5.41) is 6.14. The van der Waals surface area contributed by atoms with Crippen molar-refractivity contribution < 1.29 is 17.6 Å². The van der Waals surface area contributed by atoms with E-state index in [1.165, 1.54) is 18.6 Å². The van der Waals surface area contributed by atoms with Crippen LogP contribution in [0.25, 0.3) is 0 Å². The van der Waals surface area contributed by atoms with Crippen molar-refractivity contribution >= 4 is 71.9 Å². The van der Waals surface area contributed by atoms with Gasteiger partial charge in [0.15, 0.2) is 0 Å². The number of piperidine rings is 1. The Morgan fingerprint density at radius 1 is 1.18 bits per heavy atom. The molecule has 1 spiro atoms. The fourth-order valence-electron chi connectivity index (χ4n) is 5.82. The van der Waals surface area contributed by atoms with Crippen molar-refractivity contribution in [3.63, 3.8) is 0 Å². The molecule has 2 heterocycles. The van der Waals surface area contributed by atoms with Gasteiger partial charge in [-0.15, -0.1) is 0 Å². The van der Waals surface area contributed by atoms with Crippen molar-refractivity contribution in [3.05, 3.63) is 40.2 Å². The number of benzene rings is 1. The minimum Gasteiger partial charge on any atom is -0.365 e. The molecule has 5 rings (SSSR count). The molecule has 9 nitrogen and oxygen atoms in total. The highest BCUT2D eigenvalue weighted by Gasteiger charge is 2.55. The largest absolute Gasteiger partial charge is 0.365 e. The SMILES string of the molecule is NC(=O)c1c(F)cccc1Nc1nc(NC2CCN(S(=O)(=O)C3CCCC[C@@H](I)CC3)CC23CC3)ncc1Br. The zero-order valence-corrected chi connectivity index (χ0v) is 26.1. The van der Waals surface area contributed by atoms with Crippen molar-refractivity contribution in [1.29, 1.82) is 0 Å². The van der Waals surface area contributed by atoms with Crippen molar-refractivity contribution in [2.45, 2.75) is 73.0 Å². The molecule has 13 heteroatoms. The first-order valence-electron chi connectivity index (χ1n) is 13.4. The number of alkyl halides is 1. The molecule has 2 aliphatic carbocycles. The highest BCUT2D eigenvalue weighted by atomic mass is 127. The Hall–Kier alpha value is -1.58. The summed E-state index contributed by atoms with van der Waals surface area (Å²) in [5.41, 5.74) is 5.20. The van der Waals surface area contributed by atoms with Gasteiger partial charge in [0.1, 0.15) is 11.6 Å². The fourth-order valence-corrected chi connectivity index (χ4v) is 9.02. The minimum atomic E-state index is -3.35. The van der Waals surface area contributed by atoms with Crippen molar-refractivity contribution in [1.82, 2.24) is 14.3 Å². The second kappa shape index (κ2) is 11.7. The van der Waals surface area contributed by atoms with Gasteiger partial charge in [-0.1, -0.05) is 41.5 Å². The van der Waals surface area contributed by atoms with Gasteiger partial charge < -0.3 is 16.4 Å². The van der Waals surface area contributed by atoms with Crippen LogP contribution in [0.15, 0.2) is 28.9 Å². The Balaban J connectivity index is 1.29. The molecular weight excluding hydrogens is 702 g/mol. The molecule has 1 saturated heterocycles. The Morgan fingerprint density at radius 2 is 1.95 bits per heavy atom. The van der Waals surface area contributed by atoms with Gasteiger partial charge in [0, 0.05) is 34.7 Å². The zero-order chi connectivity index (χ0) is 27.8. The van der Waals surface area contributed by atoms with E-state index in [4.69, 9.17) is 5.73 Å². The smallest absolute Gasteiger partial charge is 0.253 e. The third-order valence-electron chi connectivity index (χ3n) is 8.23. The van der Waals surface area contributed by atoms with Crippen LogP contribution in [0, 0.1) is 11.2 Å². The zero-order valence-electron chi connectivity index (χ0n) is 21.5. The average molecular weight is 735 g/mol. The molecule has 3 atom stereocenters. The van der Waals surface area contributed by atoms with E-state index in [9.17, 15) is 17.6 Å². The molecule has 212 valence electrons. The number of halogens is 3. The summed E-state index contributed by atoms with van der Waals surface area (Å²) in [5.74, 6) is -0.881. The number of anilines is 3. The first-order valence-corrected chi connectivity index (χ1v) is 16.9. The van der Waals surface area contributed by atoms with E-state index in [0.717, 1.165) is 44.9 Å². The Morgan fingerprint density at radius 3 is 2.69 bits per heavy atom. The minimum absolute atomic E-state index is 0.0318. The third-order valence-corrected chi connectivity index (χ3v) is 12.4. The maximum absolute atomic E-state index is 14.2. The summed E-state index contributed by atoms with van der Waals surface area (Å²) in [6.45, 7) is 0.989. The number of hydrogen-bond donors (Lipinski definition) is 3. The second-order valence-electron chi connectivity index (χ2n) is 10.8. The van der Waals surface area contributed by atoms with Crippen LogP contribution >= 0.6 is 38.5 Å². The van der Waals surface area contributed by atoms with Gasteiger partial charge >= 0.3 is 0 Å². The molecule has 0 bridgehead atoms. The molecule has 3 aliphatic rings. The Kier molecular flexibility index (Phi) is 8.70. The maximum atomic E-state index is 14.2. The summed E-state index contributed by atoms with van der Waals surface area (Å²) in [6.07, 6.45) is 9.85. The quantitative estimate of drug-likeness (QED) is 0.259. The number of nitrogens with two attached hydrogens (primary N) is 1. The number of sulfonamides is 1. The van der Waals surface area contributed by atoms with Crippen LogP contribution in [0.5, 0.6) is 0 Å². The number of carbonyl (C=O) groups excluding carboxylic acids is 1. The van der Waals surface area contributed by atoms with E-state index < -0.39 is 21.7 Å². The molecule has 3 fully saturated rings. The number of primary amides is 1. The molecule has 2 unspecified atom stereocenters. The first kappa shape index (κ1) is 28.9. The summed E-state index contributed by atoms with van der Waals surface area (Å²) in [4.78, 5) is 20.8. The van der Waals surface area contributed by atoms with Crippen LogP contribution in [0.4, 0.5) is 21.8 Å². The van der Waals surface area contributed by atoms with Crippen LogP contribution in [0.3, 0.4) is 0 Å². The van der Waals surface area contributed by atoms with E-state index >= 15 is 0 Å². The van der Waals surface area contributed by atoms with Crippen LogP contribution < -0.4 is 16.4 Å². The van der Waals surface area contributed by atoms with E-state index in [0.29, 0.717) is 39.7 Å². The molecular formula is C26H33BrFIN6O3S. The van der Waals surface area contributed by atoms with Gasteiger partial charge in [0.05, 0.1) is 21.0 Å². The lowest BCUT2D eigenvalue weighted by Gasteiger charge is -2.40. The van der Waals surface area contributed by atoms with E-state index in [-0.39, 0.29) is 28.0 Å². The monoisotopic (exact) mass is 734 g/mol. The first-order chi connectivity index (χ1) is 18.6. The van der Waals surface area contributed by atoms with E-state index in [1.54, 1.807) is 16.6 Å². The molecule has 1 aromatic carbocycles. The number of amides is 1. The summed E-state index contributed by atoms with van der Waals surface area (Å²) >= 11 is 5.87. The van der Waals surface area contributed by atoms with Gasteiger partial charge in [-0.05, 0) is 73.0 Å². The standard InChI is InChI=1S/C26H33BrFIN6O3S/c27-18-14-31-25(34-24(18)32-20-7-3-6-19(28)22(20)23(30)36)33-21-10-13-35(15-26(21)11-12-26)39(37,38)17-5-2-1-4-16(29)8-9-17/h3,6-7,14,16-17,21H,1-2,4-5,8-13,15H2,(H2,30,36)(H2,31,32,33,34)/t16-,17?,21?/m1/s1. The molecule has 2 aromatic rings. The number of aromatic nitrogens is 2. The van der Waals surface area contributed by atoms with Crippen molar-refractivity contribution in [2.24, 2.45) is 11.1 Å². The normalized spacial score (nSPS) is 25.5. The summed E-state index contributed by atoms with van der Waals surface area (Å²) in [7, 11) is -3.35. The van der Waals surface area contributed by atoms with Crippen molar-refractivity contribution in [2.75, 3.05) is 23.7 Å². The highest BCUT2D eigenvalue weighted by molar-refractivity contribution is 14.1. The van der Waals surface area contributed by atoms with E-state index in [2.05, 4.69) is 59.1 Å². The molecule has 1 amide bonds. The van der Waals surface area contributed by atoms with Gasteiger partial charge in [0.2, 0.25) is 16.0 Å². The van der Waals surface area contributed by atoms with Crippen LogP contribution in [0.2, 0.25) is 0 Å². The summed E-state index contributed by atoms with van der Waals surface area (Å²) < 4.78 is 44.4. The molecule has 4 N–H and O–H groups in total. The third kappa shape index (κ3) is 6.35. The van der Waals surface area contributed by atoms with Crippen LogP contribution in [-0.4, -0.2) is 56.9 Å². The van der Waals surface area contributed by atoms with Gasteiger partial charge in [-0.25, -0.2) is 22.1 Å². The molecule has 1 aromatic heterocycles. The molecule has 2 saturated carbocycles. The molecule has 0 radical (unpaired) electrons. The maximum Gasteiger partial charge on any atom is 0.253 e. The average Bonchev–Trinajstić information content (AvgIpc) is 3.64. The fraction of sp³-hybridized carbons (Fsp3) is 0.577. The number of rotatable bonds is 7. The topological polar surface area (TPSA) is 130 Å². The predicted octanol–water partition coefficient (Wildman–Crippen LogP) is 5.34. The number of carbonyl (C=O) groups is 1. The van der Waals surface area contributed by atoms with Gasteiger partial charge in [-0.2, -0.15) is 4.98 Å². The lowest BCUT2D eigenvalue weighted by Crippen LogP contribution is -2.52. The predicted molar refractivity (Wildman–Crippen MR) is 161 cm³/mol. The lowest BCUT2D eigenvalue weighted by atomic mass is 9.90. The van der Waals surface area contributed by atoms with Crippen LogP contribution in [0.1, 0.15) is 68.1 Å². The van der Waals surface area contributed by atoms with Crippen LogP contribution in [-0.2, 0) is 10.0 Å². The molecule has 1 aliphatic heterocycles. The number of nitrogens with one attached hydrogen (secondary N) is 2. The molecule has 39 heavy (non-hydrogen) atoms. The Labute approximate surface area is 250 Å². The van der Waals surface area contributed by atoms with E-state index in [1.807, 2.05) is 0 Å². The number of hydrogen-bond acceptors (Lipinski definition) is 7. The van der Waals surface area contributed by atoms with Gasteiger partial charge in [-0.3, -0.25) is 4.79 Å². The summed E-state index contributed by atoms with van der Waals surface area (Å²) in [6, 6.07) is 4.24. The van der Waals surface area contributed by atoms with Crippen molar-refractivity contribution in [3.8, 4) is 0 Å². The highest BCUT2D eigenvalue weighted by Crippen LogP contribution is 2.53.